The van der Waals surface area contributed by atoms with Crippen molar-refractivity contribution in [1.29, 1.82) is 5.26 Å². The van der Waals surface area contributed by atoms with Gasteiger partial charge in [0.1, 0.15) is 17.6 Å². The molecule has 1 aliphatic heterocycles. The minimum absolute atomic E-state index is 0.0260. The van der Waals surface area contributed by atoms with Gasteiger partial charge in [-0.05, 0) is 72.2 Å². The van der Waals surface area contributed by atoms with Crippen LogP contribution < -0.4 is 0 Å². The third kappa shape index (κ3) is 6.73. The molecule has 1 fully saturated rings. The molecular formula is C32H35FN4O. The van der Waals surface area contributed by atoms with Crippen LogP contribution in [0.1, 0.15) is 60.3 Å². The van der Waals surface area contributed by atoms with Gasteiger partial charge in [-0.2, -0.15) is 5.26 Å². The Labute approximate surface area is 225 Å². The fourth-order valence-corrected chi connectivity index (χ4v) is 4.85. The maximum atomic E-state index is 13.8. The molecule has 1 aromatic heterocycles. The summed E-state index contributed by atoms with van der Waals surface area (Å²) in [6, 6.07) is 18.1. The summed E-state index contributed by atoms with van der Waals surface area (Å²) < 4.78 is 13.8. The van der Waals surface area contributed by atoms with Crippen LogP contribution in [0.5, 0.6) is 0 Å². The van der Waals surface area contributed by atoms with Crippen molar-refractivity contribution in [3.63, 3.8) is 0 Å². The number of aromatic nitrogens is 1. The van der Waals surface area contributed by atoms with E-state index in [2.05, 4.69) is 30.3 Å². The highest BCUT2D eigenvalue weighted by Crippen LogP contribution is 2.25. The lowest BCUT2D eigenvalue weighted by molar-refractivity contribution is 0.0540. The van der Waals surface area contributed by atoms with Crippen LogP contribution >= 0.6 is 0 Å². The Hall–Kier alpha value is -3.82. The molecule has 196 valence electrons. The van der Waals surface area contributed by atoms with Crippen LogP contribution in [0.15, 0.2) is 67.4 Å². The molecule has 0 bridgehead atoms. The van der Waals surface area contributed by atoms with Crippen molar-refractivity contribution < 1.29 is 9.18 Å². The smallest absolute Gasteiger partial charge is 0.272 e. The molecule has 2 aromatic carbocycles. The number of amides is 1. The maximum Gasteiger partial charge on any atom is 0.272 e. The first kappa shape index (κ1) is 27.2. The number of hydrogen-bond acceptors (Lipinski definition) is 4. The van der Waals surface area contributed by atoms with Crippen LogP contribution in [0.2, 0.25) is 0 Å². The quantitative estimate of drug-likeness (QED) is 0.327. The zero-order valence-corrected chi connectivity index (χ0v) is 22.2. The number of piperidine rings is 1. The maximum absolute atomic E-state index is 13.8. The van der Waals surface area contributed by atoms with Gasteiger partial charge in [-0.25, -0.2) is 4.39 Å². The molecular weight excluding hydrogens is 475 g/mol. The summed E-state index contributed by atoms with van der Waals surface area (Å²) in [6.07, 6.45) is 6.44. The van der Waals surface area contributed by atoms with Gasteiger partial charge < -0.3 is 9.80 Å². The van der Waals surface area contributed by atoms with Crippen molar-refractivity contribution in [1.82, 2.24) is 14.8 Å². The molecule has 3 aromatic rings. The summed E-state index contributed by atoms with van der Waals surface area (Å²) in [6.45, 7) is 11.8. The number of nitriles is 1. The van der Waals surface area contributed by atoms with Gasteiger partial charge in [0.2, 0.25) is 0 Å². The van der Waals surface area contributed by atoms with E-state index >= 15 is 0 Å². The first-order valence-electron chi connectivity index (χ1n) is 13.3. The Morgan fingerprint density at radius 2 is 1.87 bits per heavy atom. The van der Waals surface area contributed by atoms with Gasteiger partial charge >= 0.3 is 0 Å². The topological polar surface area (TPSA) is 60.2 Å². The first-order valence-corrected chi connectivity index (χ1v) is 13.3. The molecule has 38 heavy (non-hydrogen) atoms. The van der Waals surface area contributed by atoms with E-state index in [0.717, 1.165) is 54.7 Å². The molecule has 5 nitrogen and oxygen atoms in total. The van der Waals surface area contributed by atoms with Gasteiger partial charge in [0.15, 0.2) is 0 Å². The summed E-state index contributed by atoms with van der Waals surface area (Å²) in [7, 11) is 0. The number of nitrogens with zero attached hydrogens (tertiary/aromatic N) is 4. The third-order valence-electron chi connectivity index (χ3n) is 7.25. The lowest BCUT2D eigenvalue weighted by Crippen LogP contribution is -2.47. The van der Waals surface area contributed by atoms with Gasteiger partial charge in [-0.3, -0.25) is 9.78 Å². The number of hydrogen-bond donors (Lipinski definition) is 0. The first-order chi connectivity index (χ1) is 18.4. The van der Waals surface area contributed by atoms with E-state index in [9.17, 15) is 9.18 Å². The highest BCUT2D eigenvalue weighted by Gasteiger charge is 2.29. The van der Waals surface area contributed by atoms with Crippen molar-refractivity contribution in [2.45, 2.75) is 45.7 Å². The van der Waals surface area contributed by atoms with E-state index in [1.807, 2.05) is 41.3 Å². The minimum atomic E-state index is -0.521. The lowest BCUT2D eigenvalue weighted by atomic mass is 9.99. The summed E-state index contributed by atoms with van der Waals surface area (Å²) in [5.74, 6) is 0.0920. The Morgan fingerprint density at radius 1 is 1.16 bits per heavy atom. The molecule has 1 saturated heterocycles. The van der Waals surface area contributed by atoms with Crippen molar-refractivity contribution in [3.05, 3.63) is 95.6 Å². The second-order valence-electron chi connectivity index (χ2n) is 10.4. The fraction of sp³-hybridized carbons (Fsp3) is 0.344. The van der Waals surface area contributed by atoms with Crippen LogP contribution in [0.4, 0.5) is 4.39 Å². The number of carbonyl (C=O) groups excluding carboxylic acids is 1. The zero-order chi connectivity index (χ0) is 27.1. The minimum Gasteiger partial charge on any atom is -0.330 e. The van der Waals surface area contributed by atoms with Gasteiger partial charge in [0, 0.05) is 31.9 Å². The highest BCUT2D eigenvalue weighted by atomic mass is 19.1. The predicted molar refractivity (Wildman–Crippen MR) is 150 cm³/mol. The van der Waals surface area contributed by atoms with Gasteiger partial charge in [-0.15, -0.1) is 0 Å². The molecule has 0 atom stereocenters. The largest absolute Gasteiger partial charge is 0.330 e. The molecule has 2 heterocycles. The lowest BCUT2D eigenvalue weighted by Gasteiger charge is -2.38. The van der Waals surface area contributed by atoms with Crippen LogP contribution in [0.3, 0.4) is 0 Å². The van der Waals surface area contributed by atoms with Crippen LogP contribution in [0, 0.1) is 23.1 Å². The second-order valence-corrected chi connectivity index (χ2v) is 10.4. The zero-order valence-electron chi connectivity index (χ0n) is 22.2. The molecule has 0 saturated carbocycles. The molecule has 1 aliphatic rings. The SMILES string of the molecule is C=Cc1ccc(C(=O)N(Cc2ccc(-c3ccc(F)c(C#N)c3)cc2)C2CCN(CCC(C)C)CC2)nc1. The molecule has 0 spiro atoms. The monoisotopic (exact) mass is 510 g/mol. The number of likely N-dealkylation sites (tertiary alicyclic amines) is 1. The van der Waals surface area contributed by atoms with E-state index < -0.39 is 5.82 Å². The van der Waals surface area contributed by atoms with Crippen molar-refractivity contribution in [3.8, 4) is 17.2 Å². The molecule has 0 unspecified atom stereocenters. The number of carbonyl (C=O) groups is 1. The van der Waals surface area contributed by atoms with E-state index in [-0.39, 0.29) is 17.5 Å². The normalized spacial score (nSPS) is 14.3. The average Bonchev–Trinajstić information content (AvgIpc) is 2.95. The van der Waals surface area contributed by atoms with E-state index in [1.54, 1.807) is 30.5 Å². The molecule has 4 rings (SSSR count). The van der Waals surface area contributed by atoms with Crippen LogP contribution in [-0.4, -0.2) is 46.4 Å². The van der Waals surface area contributed by atoms with Crippen molar-refractivity contribution in [2.75, 3.05) is 19.6 Å². The van der Waals surface area contributed by atoms with Crippen LogP contribution in [-0.2, 0) is 6.54 Å². The highest BCUT2D eigenvalue weighted by molar-refractivity contribution is 5.92. The van der Waals surface area contributed by atoms with Gasteiger partial charge in [0.25, 0.3) is 5.91 Å². The number of halogens is 1. The van der Waals surface area contributed by atoms with Crippen molar-refractivity contribution in [2.24, 2.45) is 5.92 Å². The molecule has 6 heteroatoms. The Balaban J connectivity index is 1.53. The van der Waals surface area contributed by atoms with Gasteiger partial charge in [-0.1, -0.05) is 62.9 Å². The third-order valence-corrected chi connectivity index (χ3v) is 7.25. The summed E-state index contributed by atoms with van der Waals surface area (Å²) in [4.78, 5) is 22.6. The summed E-state index contributed by atoms with van der Waals surface area (Å²) in [5, 5.41) is 9.16. The Kier molecular flexibility index (Phi) is 9.04. The fourth-order valence-electron chi connectivity index (χ4n) is 4.85. The Morgan fingerprint density at radius 3 is 2.47 bits per heavy atom. The standard InChI is InChI=1S/C32H35FN4O/c1-4-24-7-12-31(35-21-24)32(38)37(29-14-17-36(18-15-29)16-13-23(2)3)22-25-5-8-26(9-6-25)27-10-11-30(33)28(19-27)20-34/h4-12,19,21,23,29H,1,13-18,22H2,2-3H3. The van der Waals surface area contributed by atoms with E-state index in [1.165, 1.54) is 12.5 Å². The summed E-state index contributed by atoms with van der Waals surface area (Å²) in [5.41, 5.74) is 4.02. The van der Waals surface area contributed by atoms with Crippen molar-refractivity contribution >= 4 is 12.0 Å². The molecule has 1 amide bonds. The second kappa shape index (κ2) is 12.6. The Bertz CT molecular complexity index is 1290. The average molecular weight is 511 g/mol. The van der Waals surface area contributed by atoms with E-state index in [0.29, 0.717) is 18.2 Å². The summed E-state index contributed by atoms with van der Waals surface area (Å²) >= 11 is 0. The number of pyridine rings is 1. The number of benzene rings is 2. The molecule has 0 N–H and O–H groups in total. The predicted octanol–water partition coefficient (Wildman–Crippen LogP) is 6.56. The molecule has 0 aliphatic carbocycles. The van der Waals surface area contributed by atoms with Crippen LogP contribution in [0.25, 0.3) is 17.2 Å². The van der Waals surface area contributed by atoms with E-state index in [4.69, 9.17) is 5.26 Å². The van der Waals surface area contributed by atoms with Gasteiger partial charge in [0.05, 0.1) is 5.56 Å². The molecule has 0 radical (unpaired) electrons. The number of rotatable bonds is 9.